The lowest BCUT2D eigenvalue weighted by Gasteiger charge is -2.26. The molecule has 0 saturated heterocycles. The van der Waals surface area contributed by atoms with Gasteiger partial charge in [-0.3, -0.25) is 19.2 Å². The van der Waals surface area contributed by atoms with Crippen LogP contribution in [0.2, 0.25) is 0 Å². The Morgan fingerprint density at radius 1 is 1.03 bits per heavy atom. The molecule has 178 valence electrons. The van der Waals surface area contributed by atoms with E-state index in [0.29, 0.717) is 5.56 Å². The molecule has 2 unspecified atom stereocenters. The van der Waals surface area contributed by atoms with Crippen molar-refractivity contribution in [3.8, 4) is 0 Å². The summed E-state index contributed by atoms with van der Waals surface area (Å²) in [5.41, 5.74) is 10.9. The van der Waals surface area contributed by atoms with Crippen LogP contribution in [0.4, 0.5) is 13.2 Å². The van der Waals surface area contributed by atoms with Crippen molar-refractivity contribution in [3.05, 3.63) is 35.9 Å². The van der Waals surface area contributed by atoms with Gasteiger partial charge >= 0.3 is 6.18 Å². The monoisotopic (exact) mass is 461 g/mol. The Kier molecular flexibility index (Phi) is 10.6. The maximum atomic E-state index is 12.8. The SMILES string of the molecule is NCC(=O)N[C@@H](Cc1ccccc1)C(=O)NCC(=O)NC(CCC(N)=O)C(O)C(F)(F)F. The molecular formula is C19H26F3N5O5. The van der Waals surface area contributed by atoms with Crippen LogP contribution in [0, 0.1) is 0 Å². The van der Waals surface area contributed by atoms with Crippen molar-refractivity contribution < 1.29 is 37.5 Å². The highest BCUT2D eigenvalue weighted by molar-refractivity contribution is 5.91. The number of primary amides is 1. The highest BCUT2D eigenvalue weighted by Gasteiger charge is 2.44. The molecule has 0 fully saturated rings. The van der Waals surface area contributed by atoms with Gasteiger partial charge in [0, 0.05) is 12.8 Å². The summed E-state index contributed by atoms with van der Waals surface area (Å²) in [5.74, 6) is -3.34. The van der Waals surface area contributed by atoms with Crippen molar-refractivity contribution in [1.82, 2.24) is 16.0 Å². The summed E-state index contributed by atoms with van der Waals surface area (Å²) in [4.78, 5) is 47.0. The second-order valence-corrected chi connectivity index (χ2v) is 6.90. The third kappa shape index (κ3) is 9.75. The van der Waals surface area contributed by atoms with E-state index in [9.17, 15) is 37.5 Å². The Morgan fingerprint density at radius 2 is 1.66 bits per heavy atom. The molecule has 3 atom stereocenters. The molecule has 4 amide bonds. The topological polar surface area (TPSA) is 177 Å². The summed E-state index contributed by atoms with van der Waals surface area (Å²) in [7, 11) is 0. The zero-order valence-electron chi connectivity index (χ0n) is 17.0. The maximum Gasteiger partial charge on any atom is 0.416 e. The minimum absolute atomic E-state index is 0.0774. The molecule has 32 heavy (non-hydrogen) atoms. The predicted octanol–water partition coefficient (Wildman–Crippen LogP) is -1.54. The van der Waals surface area contributed by atoms with Gasteiger partial charge in [-0.1, -0.05) is 30.3 Å². The fourth-order valence-electron chi connectivity index (χ4n) is 2.70. The van der Waals surface area contributed by atoms with Gasteiger partial charge in [0.05, 0.1) is 19.1 Å². The van der Waals surface area contributed by atoms with Gasteiger partial charge in [0.2, 0.25) is 23.6 Å². The second-order valence-electron chi connectivity index (χ2n) is 6.90. The van der Waals surface area contributed by atoms with Crippen LogP contribution < -0.4 is 27.4 Å². The van der Waals surface area contributed by atoms with E-state index < -0.39 is 67.4 Å². The number of amides is 4. The van der Waals surface area contributed by atoms with Crippen molar-refractivity contribution in [1.29, 1.82) is 0 Å². The molecule has 0 aliphatic carbocycles. The quantitative estimate of drug-likeness (QED) is 0.220. The number of carbonyl (C=O) groups is 4. The van der Waals surface area contributed by atoms with Crippen molar-refractivity contribution in [2.24, 2.45) is 11.5 Å². The van der Waals surface area contributed by atoms with E-state index in [1.54, 1.807) is 30.3 Å². The number of hydrogen-bond donors (Lipinski definition) is 6. The third-order valence-electron chi connectivity index (χ3n) is 4.31. The van der Waals surface area contributed by atoms with Crippen LogP contribution in [0.15, 0.2) is 30.3 Å². The molecule has 13 heteroatoms. The van der Waals surface area contributed by atoms with Crippen molar-refractivity contribution in [3.63, 3.8) is 0 Å². The first-order valence-electron chi connectivity index (χ1n) is 9.57. The molecule has 0 radical (unpaired) electrons. The summed E-state index contributed by atoms with van der Waals surface area (Å²) >= 11 is 0. The molecule has 0 spiro atoms. The van der Waals surface area contributed by atoms with E-state index in [1.165, 1.54) is 0 Å². The maximum absolute atomic E-state index is 12.8. The minimum atomic E-state index is -5.05. The van der Waals surface area contributed by atoms with Crippen LogP contribution in [-0.4, -0.2) is 66.2 Å². The van der Waals surface area contributed by atoms with Gasteiger partial charge in [0.1, 0.15) is 6.04 Å². The summed E-state index contributed by atoms with van der Waals surface area (Å²) < 4.78 is 38.5. The normalized spacial score (nSPS) is 14.0. The first-order valence-corrected chi connectivity index (χ1v) is 9.57. The number of carbonyl (C=O) groups excluding carboxylic acids is 4. The average molecular weight is 461 g/mol. The fraction of sp³-hybridized carbons (Fsp3) is 0.474. The van der Waals surface area contributed by atoms with Gasteiger partial charge < -0.3 is 32.5 Å². The van der Waals surface area contributed by atoms with Crippen LogP contribution in [0.1, 0.15) is 18.4 Å². The van der Waals surface area contributed by atoms with Gasteiger partial charge in [0.25, 0.3) is 0 Å². The Labute approximate surface area is 181 Å². The molecule has 0 heterocycles. The standard InChI is InChI=1S/C19H26F3N5O5/c20-19(21,22)17(31)12(6-7-14(24)28)26-16(30)10-25-18(32)13(27-15(29)9-23)8-11-4-2-1-3-5-11/h1-5,12-13,17,31H,6-10,23H2,(H2,24,28)(H,25,32)(H,26,30)(H,27,29)/t12?,13-,17?/m0/s1. The molecule has 1 aromatic rings. The van der Waals surface area contributed by atoms with Crippen molar-refractivity contribution >= 4 is 23.6 Å². The largest absolute Gasteiger partial charge is 0.416 e. The van der Waals surface area contributed by atoms with Gasteiger partial charge in [-0.2, -0.15) is 13.2 Å². The van der Waals surface area contributed by atoms with Gasteiger partial charge in [-0.15, -0.1) is 0 Å². The molecule has 0 aliphatic heterocycles. The predicted molar refractivity (Wildman–Crippen MR) is 107 cm³/mol. The highest BCUT2D eigenvalue weighted by Crippen LogP contribution is 2.24. The molecule has 0 saturated carbocycles. The smallest absolute Gasteiger partial charge is 0.382 e. The van der Waals surface area contributed by atoms with E-state index in [1.807, 2.05) is 5.32 Å². The van der Waals surface area contributed by atoms with Gasteiger partial charge in [-0.25, -0.2) is 0 Å². The number of alkyl halides is 3. The van der Waals surface area contributed by atoms with Crippen LogP contribution in [0.5, 0.6) is 0 Å². The number of hydrogen-bond acceptors (Lipinski definition) is 6. The van der Waals surface area contributed by atoms with E-state index in [4.69, 9.17) is 11.5 Å². The number of halogens is 3. The Bertz CT molecular complexity index is 791. The van der Waals surface area contributed by atoms with E-state index >= 15 is 0 Å². The third-order valence-corrected chi connectivity index (χ3v) is 4.31. The lowest BCUT2D eigenvalue weighted by Crippen LogP contribution is -2.54. The lowest BCUT2D eigenvalue weighted by molar-refractivity contribution is -0.212. The van der Waals surface area contributed by atoms with Crippen LogP contribution >= 0.6 is 0 Å². The Morgan fingerprint density at radius 3 is 2.19 bits per heavy atom. The van der Waals surface area contributed by atoms with Crippen LogP contribution in [0.25, 0.3) is 0 Å². The van der Waals surface area contributed by atoms with E-state index in [0.717, 1.165) is 0 Å². The molecule has 0 bridgehead atoms. The number of benzene rings is 1. The molecule has 0 aliphatic rings. The summed E-state index contributed by atoms with van der Waals surface area (Å²) in [6.07, 6.45) is -8.97. The summed E-state index contributed by atoms with van der Waals surface area (Å²) in [5, 5.41) is 16.0. The van der Waals surface area contributed by atoms with Crippen LogP contribution in [-0.2, 0) is 25.6 Å². The first kappa shape index (κ1) is 26.8. The number of aliphatic hydroxyl groups is 1. The number of nitrogens with one attached hydrogen (secondary N) is 3. The lowest BCUT2D eigenvalue weighted by atomic mass is 10.0. The number of nitrogens with two attached hydrogens (primary N) is 2. The summed E-state index contributed by atoms with van der Waals surface area (Å²) in [6.45, 7) is -1.11. The zero-order chi connectivity index (χ0) is 24.3. The Hall–Kier alpha value is -3.19. The molecule has 0 aromatic heterocycles. The van der Waals surface area contributed by atoms with E-state index in [-0.39, 0.29) is 13.0 Å². The van der Waals surface area contributed by atoms with Crippen molar-refractivity contribution in [2.45, 2.75) is 43.6 Å². The summed E-state index contributed by atoms with van der Waals surface area (Å²) in [6, 6.07) is 5.69. The number of rotatable bonds is 12. The van der Waals surface area contributed by atoms with Gasteiger partial charge in [0.15, 0.2) is 6.10 Å². The molecule has 1 aromatic carbocycles. The zero-order valence-corrected chi connectivity index (χ0v) is 17.0. The van der Waals surface area contributed by atoms with Crippen LogP contribution in [0.3, 0.4) is 0 Å². The molecular weight excluding hydrogens is 435 g/mol. The number of aliphatic hydroxyl groups excluding tert-OH is 1. The average Bonchev–Trinajstić information content (AvgIpc) is 2.73. The van der Waals surface area contributed by atoms with Crippen molar-refractivity contribution in [2.75, 3.05) is 13.1 Å². The fourth-order valence-corrected chi connectivity index (χ4v) is 2.70. The van der Waals surface area contributed by atoms with Gasteiger partial charge in [-0.05, 0) is 12.0 Å². The molecule has 8 N–H and O–H groups in total. The van der Waals surface area contributed by atoms with E-state index in [2.05, 4.69) is 10.6 Å². The second kappa shape index (κ2) is 12.6. The minimum Gasteiger partial charge on any atom is -0.382 e. The molecule has 10 nitrogen and oxygen atoms in total. The highest BCUT2D eigenvalue weighted by atomic mass is 19.4. The first-order chi connectivity index (χ1) is 14.9. The Balaban J connectivity index is 2.76. The molecule has 1 rings (SSSR count).